The molecule has 0 saturated heterocycles. The lowest BCUT2D eigenvalue weighted by Gasteiger charge is -2.03. The molecular weight excluding hydrogens is 280 g/mol. The molecule has 0 aromatic heterocycles. The van der Waals surface area contributed by atoms with Crippen LogP contribution in [0.1, 0.15) is 21.5 Å². The monoisotopic (exact) mass is 296 g/mol. The topological polar surface area (TPSA) is 63.6 Å². The van der Waals surface area contributed by atoms with Crippen molar-refractivity contribution in [2.75, 3.05) is 7.11 Å². The van der Waals surface area contributed by atoms with E-state index in [4.69, 9.17) is 0 Å². The van der Waals surface area contributed by atoms with Crippen LogP contribution in [-0.2, 0) is 16.0 Å². The summed E-state index contributed by atoms with van der Waals surface area (Å²) in [6, 6.07) is 13.5. The zero-order chi connectivity index (χ0) is 15.9. The first kappa shape index (κ1) is 15.5. The molecule has 2 rings (SSSR count). The highest BCUT2D eigenvalue weighted by Gasteiger charge is 2.07. The van der Waals surface area contributed by atoms with Crippen molar-refractivity contribution in [2.45, 2.75) is 6.42 Å². The van der Waals surface area contributed by atoms with Gasteiger partial charge in [0.05, 0.1) is 7.11 Å². The van der Waals surface area contributed by atoms with Gasteiger partial charge < -0.3 is 9.84 Å². The number of hydrogen-bond donors (Lipinski definition) is 1. The molecule has 0 spiro atoms. The number of Topliss-reactive ketones (excluding diaryl/α,β-unsaturated/α-hetero) is 1. The van der Waals surface area contributed by atoms with Crippen molar-refractivity contribution in [3.05, 3.63) is 71.3 Å². The maximum atomic E-state index is 12.2. The molecule has 0 aliphatic heterocycles. The first-order valence-corrected chi connectivity index (χ1v) is 6.75. The van der Waals surface area contributed by atoms with Crippen molar-refractivity contribution in [3.8, 4) is 5.75 Å². The van der Waals surface area contributed by atoms with Gasteiger partial charge in [0.15, 0.2) is 5.78 Å². The summed E-state index contributed by atoms with van der Waals surface area (Å²) >= 11 is 0. The van der Waals surface area contributed by atoms with Crippen molar-refractivity contribution < 1.29 is 19.4 Å². The van der Waals surface area contributed by atoms with Crippen LogP contribution >= 0.6 is 0 Å². The van der Waals surface area contributed by atoms with E-state index in [0.717, 1.165) is 11.1 Å². The molecule has 0 unspecified atom stereocenters. The van der Waals surface area contributed by atoms with Crippen LogP contribution < -0.4 is 0 Å². The first-order chi connectivity index (χ1) is 10.6. The molecule has 0 radical (unpaired) electrons. The van der Waals surface area contributed by atoms with Gasteiger partial charge in [-0.3, -0.25) is 4.79 Å². The summed E-state index contributed by atoms with van der Waals surface area (Å²) in [6.07, 6.45) is 3.23. The largest absolute Gasteiger partial charge is 0.508 e. The molecule has 0 heterocycles. The number of phenols is 1. The van der Waals surface area contributed by atoms with E-state index in [1.807, 2.05) is 0 Å². The van der Waals surface area contributed by atoms with Gasteiger partial charge in [-0.1, -0.05) is 36.4 Å². The Hall–Kier alpha value is -2.88. The van der Waals surface area contributed by atoms with Gasteiger partial charge in [0.2, 0.25) is 0 Å². The Bertz CT molecular complexity index is 682. The number of ketones is 1. The Morgan fingerprint density at radius 1 is 1.05 bits per heavy atom. The average Bonchev–Trinajstić information content (AvgIpc) is 2.55. The molecule has 0 saturated carbocycles. The molecule has 0 atom stereocenters. The highest BCUT2D eigenvalue weighted by molar-refractivity contribution is 5.97. The Morgan fingerprint density at radius 3 is 2.27 bits per heavy atom. The maximum Gasteiger partial charge on any atom is 0.330 e. The van der Waals surface area contributed by atoms with Gasteiger partial charge in [-0.05, 0) is 29.3 Å². The fraction of sp³-hybridized carbons (Fsp3) is 0.111. The molecule has 2 aromatic carbocycles. The summed E-state index contributed by atoms with van der Waals surface area (Å²) in [7, 11) is 1.32. The number of carbonyl (C=O) groups excluding carboxylic acids is 2. The van der Waals surface area contributed by atoms with Crippen molar-refractivity contribution >= 4 is 17.8 Å². The van der Waals surface area contributed by atoms with E-state index in [2.05, 4.69) is 4.74 Å². The molecule has 0 fully saturated rings. The van der Waals surface area contributed by atoms with Gasteiger partial charge >= 0.3 is 5.97 Å². The first-order valence-electron chi connectivity index (χ1n) is 6.75. The van der Waals surface area contributed by atoms with Crippen LogP contribution in [0.15, 0.2) is 54.6 Å². The van der Waals surface area contributed by atoms with Crippen LogP contribution in [0.2, 0.25) is 0 Å². The van der Waals surface area contributed by atoms with Crippen molar-refractivity contribution in [1.82, 2.24) is 0 Å². The molecule has 0 aliphatic rings. The number of carbonyl (C=O) groups is 2. The van der Waals surface area contributed by atoms with Crippen LogP contribution in [0.3, 0.4) is 0 Å². The molecule has 0 aliphatic carbocycles. The smallest absolute Gasteiger partial charge is 0.330 e. The maximum absolute atomic E-state index is 12.2. The molecule has 112 valence electrons. The second-order valence-electron chi connectivity index (χ2n) is 4.74. The minimum Gasteiger partial charge on any atom is -0.508 e. The number of esters is 1. The van der Waals surface area contributed by atoms with Crippen LogP contribution in [0.25, 0.3) is 6.08 Å². The average molecular weight is 296 g/mol. The lowest BCUT2D eigenvalue weighted by atomic mass is 10.0. The second-order valence-corrected chi connectivity index (χ2v) is 4.74. The zero-order valence-corrected chi connectivity index (χ0v) is 12.2. The third-order valence-electron chi connectivity index (χ3n) is 3.15. The lowest BCUT2D eigenvalue weighted by Crippen LogP contribution is -2.03. The van der Waals surface area contributed by atoms with Crippen molar-refractivity contribution in [1.29, 1.82) is 0 Å². The van der Waals surface area contributed by atoms with Crippen LogP contribution in [0.4, 0.5) is 0 Å². The minimum absolute atomic E-state index is 0.00538. The van der Waals surface area contributed by atoms with Crippen molar-refractivity contribution in [3.63, 3.8) is 0 Å². The van der Waals surface area contributed by atoms with Gasteiger partial charge in [0, 0.05) is 18.1 Å². The third kappa shape index (κ3) is 4.31. The molecule has 22 heavy (non-hydrogen) atoms. The fourth-order valence-corrected chi connectivity index (χ4v) is 1.91. The standard InChI is InChI=1S/C18H16O4/c1-22-18(21)11-6-13-2-7-15(8-3-13)17(20)12-14-4-9-16(19)10-5-14/h2-11,19H,12H2,1H3/b11-6+. The molecule has 0 bridgehead atoms. The SMILES string of the molecule is COC(=O)/C=C/c1ccc(C(=O)Cc2ccc(O)cc2)cc1. The lowest BCUT2D eigenvalue weighted by molar-refractivity contribution is -0.134. The molecule has 2 aromatic rings. The summed E-state index contributed by atoms with van der Waals surface area (Å²) in [5.74, 6) is -0.250. The van der Waals surface area contributed by atoms with Crippen molar-refractivity contribution in [2.24, 2.45) is 0 Å². The quantitative estimate of drug-likeness (QED) is 0.523. The van der Waals surface area contributed by atoms with E-state index in [-0.39, 0.29) is 18.0 Å². The van der Waals surface area contributed by atoms with E-state index < -0.39 is 5.97 Å². The molecule has 4 heteroatoms. The van der Waals surface area contributed by atoms with E-state index in [0.29, 0.717) is 5.56 Å². The summed E-state index contributed by atoms with van der Waals surface area (Å²) < 4.78 is 4.51. The van der Waals surface area contributed by atoms with Gasteiger partial charge in [-0.2, -0.15) is 0 Å². The number of methoxy groups -OCH3 is 1. The van der Waals surface area contributed by atoms with E-state index >= 15 is 0 Å². The van der Waals surface area contributed by atoms with Gasteiger partial charge in [0.25, 0.3) is 0 Å². The Kier molecular flexibility index (Phi) is 5.09. The van der Waals surface area contributed by atoms with E-state index in [1.54, 1.807) is 54.6 Å². The van der Waals surface area contributed by atoms with Crippen LogP contribution in [-0.4, -0.2) is 24.0 Å². The number of hydrogen-bond acceptors (Lipinski definition) is 4. The van der Waals surface area contributed by atoms with Gasteiger partial charge in [0.1, 0.15) is 5.75 Å². The predicted octanol–water partition coefficient (Wildman–Crippen LogP) is 3.00. The van der Waals surface area contributed by atoms with E-state index in [1.165, 1.54) is 13.2 Å². The minimum atomic E-state index is -0.424. The number of rotatable bonds is 5. The molecule has 0 amide bonds. The molecular formula is C18H16O4. The number of phenolic OH excluding ortho intramolecular Hbond substituents is 1. The summed E-state index contributed by atoms with van der Waals surface area (Å²) in [5, 5.41) is 9.22. The third-order valence-corrected chi connectivity index (χ3v) is 3.15. The number of aromatic hydroxyl groups is 1. The molecule has 4 nitrogen and oxygen atoms in total. The van der Waals surface area contributed by atoms with E-state index in [9.17, 15) is 14.7 Å². The number of benzene rings is 2. The van der Waals surface area contributed by atoms with Crippen LogP contribution in [0, 0.1) is 0 Å². The summed E-state index contributed by atoms with van der Waals surface area (Å²) in [5.41, 5.74) is 2.26. The second kappa shape index (κ2) is 7.22. The highest BCUT2D eigenvalue weighted by Crippen LogP contribution is 2.13. The Morgan fingerprint density at radius 2 is 1.68 bits per heavy atom. The van der Waals surface area contributed by atoms with Crippen LogP contribution in [0.5, 0.6) is 5.75 Å². The highest BCUT2D eigenvalue weighted by atomic mass is 16.5. The predicted molar refractivity (Wildman–Crippen MR) is 83.6 cm³/mol. The fourth-order valence-electron chi connectivity index (χ4n) is 1.91. The number of ether oxygens (including phenoxy) is 1. The molecule has 1 N–H and O–H groups in total. The van der Waals surface area contributed by atoms with Gasteiger partial charge in [-0.25, -0.2) is 4.79 Å². The summed E-state index contributed by atoms with van der Waals surface area (Å²) in [6.45, 7) is 0. The Balaban J connectivity index is 2.03. The normalized spacial score (nSPS) is 10.6. The zero-order valence-electron chi connectivity index (χ0n) is 12.2. The summed E-state index contributed by atoms with van der Waals surface area (Å²) in [4.78, 5) is 23.2. The van der Waals surface area contributed by atoms with Gasteiger partial charge in [-0.15, -0.1) is 0 Å². The Labute approximate surface area is 128 Å².